The van der Waals surface area contributed by atoms with E-state index in [1.54, 1.807) is 23.6 Å². The van der Waals surface area contributed by atoms with Crippen molar-refractivity contribution in [2.45, 2.75) is 70.2 Å². The number of nitrogens with zero attached hydrogens (tertiary/aromatic N) is 7. The van der Waals surface area contributed by atoms with Crippen LogP contribution in [-0.4, -0.2) is 44.0 Å². The molecule has 11 heteroatoms. The largest absolute Gasteiger partial charge is 0.303 e. The second-order valence-corrected chi connectivity index (χ2v) is 9.30. The summed E-state index contributed by atoms with van der Waals surface area (Å²) in [6.07, 6.45) is 7.67. The van der Waals surface area contributed by atoms with Crippen molar-refractivity contribution in [2.75, 3.05) is 5.01 Å². The first kappa shape index (κ1) is 27.3. The minimum Gasteiger partial charge on any atom is -0.303 e. The summed E-state index contributed by atoms with van der Waals surface area (Å²) in [5.41, 5.74) is 4.98. The lowest BCUT2D eigenvalue weighted by Gasteiger charge is -2.26. The fourth-order valence-corrected chi connectivity index (χ4v) is 3.82. The maximum atomic E-state index is 10.1. The number of nitrogens with two attached hydrogens (primary N) is 2. The van der Waals surface area contributed by atoms with E-state index in [4.69, 9.17) is 16.0 Å². The SMILES string of the molecule is C=Nc1c(C)nc(-c2c(C)ncnc2C2CC2)nc1N(N)C(C)CC.NSc1ccc(CC=O)nc1. The fourth-order valence-electron chi connectivity index (χ4n) is 3.56. The van der Waals surface area contributed by atoms with Crippen LogP contribution < -0.4 is 16.0 Å². The predicted octanol–water partition coefficient (Wildman–Crippen LogP) is 4.03. The van der Waals surface area contributed by atoms with Gasteiger partial charge in [0.25, 0.3) is 0 Å². The van der Waals surface area contributed by atoms with Gasteiger partial charge < -0.3 is 4.79 Å². The highest BCUT2D eigenvalue weighted by Crippen LogP contribution is 2.44. The zero-order valence-electron chi connectivity index (χ0n) is 21.2. The number of anilines is 1. The molecule has 3 aromatic heterocycles. The van der Waals surface area contributed by atoms with Gasteiger partial charge in [0.05, 0.1) is 22.6 Å². The Morgan fingerprint density at radius 3 is 2.53 bits per heavy atom. The average Bonchev–Trinajstić information content (AvgIpc) is 3.74. The molecular weight excluding hydrogens is 474 g/mol. The van der Waals surface area contributed by atoms with Gasteiger partial charge in [0.15, 0.2) is 11.6 Å². The van der Waals surface area contributed by atoms with Crippen LogP contribution in [-0.2, 0) is 11.2 Å². The third kappa shape index (κ3) is 6.48. The van der Waals surface area contributed by atoms with E-state index in [2.05, 4.69) is 45.5 Å². The molecule has 3 aromatic rings. The van der Waals surface area contributed by atoms with Crippen molar-refractivity contribution in [1.82, 2.24) is 24.9 Å². The van der Waals surface area contributed by atoms with E-state index in [0.717, 1.165) is 70.7 Å². The number of hydrogen-bond acceptors (Lipinski definition) is 11. The van der Waals surface area contributed by atoms with Crippen LogP contribution in [0.25, 0.3) is 11.4 Å². The van der Waals surface area contributed by atoms with E-state index >= 15 is 0 Å². The molecule has 0 aromatic carbocycles. The Bertz CT molecular complexity index is 1200. The zero-order chi connectivity index (χ0) is 26.2. The summed E-state index contributed by atoms with van der Waals surface area (Å²) in [6.45, 7) is 11.7. The molecule has 0 amide bonds. The summed E-state index contributed by atoms with van der Waals surface area (Å²) in [5.74, 6) is 7.99. The van der Waals surface area contributed by atoms with Gasteiger partial charge >= 0.3 is 0 Å². The number of carbonyl (C=O) groups is 1. The topological polar surface area (TPSA) is 149 Å². The molecule has 0 bridgehead atoms. The van der Waals surface area contributed by atoms with Crippen molar-refractivity contribution in [1.29, 1.82) is 0 Å². The van der Waals surface area contributed by atoms with Crippen LogP contribution in [0.4, 0.5) is 11.5 Å². The maximum Gasteiger partial charge on any atom is 0.173 e. The van der Waals surface area contributed by atoms with Crippen LogP contribution in [0.15, 0.2) is 34.5 Å². The minimum atomic E-state index is 0.124. The predicted molar refractivity (Wildman–Crippen MR) is 144 cm³/mol. The summed E-state index contributed by atoms with van der Waals surface area (Å²) in [4.78, 5) is 37.4. The van der Waals surface area contributed by atoms with E-state index in [9.17, 15) is 4.79 Å². The van der Waals surface area contributed by atoms with Gasteiger partial charge in [-0.2, -0.15) is 0 Å². The summed E-state index contributed by atoms with van der Waals surface area (Å²) in [5, 5.41) is 6.93. The molecule has 0 radical (unpaired) electrons. The van der Waals surface area contributed by atoms with Crippen LogP contribution in [0.1, 0.15) is 61.8 Å². The van der Waals surface area contributed by atoms with Crippen molar-refractivity contribution in [2.24, 2.45) is 16.0 Å². The van der Waals surface area contributed by atoms with Gasteiger partial charge in [0.1, 0.15) is 18.3 Å². The molecule has 4 N–H and O–H groups in total. The molecule has 4 rings (SSSR count). The van der Waals surface area contributed by atoms with Gasteiger partial charge in [-0.25, -0.2) is 25.8 Å². The molecule has 1 unspecified atom stereocenters. The van der Waals surface area contributed by atoms with Crippen LogP contribution in [0.5, 0.6) is 0 Å². The molecular formula is C25H33N9OS. The Kier molecular flexibility index (Phi) is 9.57. The second kappa shape index (κ2) is 12.6. The number of rotatable bonds is 9. The van der Waals surface area contributed by atoms with Crippen molar-refractivity contribution in [3.8, 4) is 11.4 Å². The molecule has 36 heavy (non-hydrogen) atoms. The molecule has 1 aliphatic rings. The Hall–Kier alpha value is -3.28. The highest BCUT2D eigenvalue weighted by atomic mass is 32.2. The first-order valence-electron chi connectivity index (χ1n) is 11.8. The van der Waals surface area contributed by atoms with Gasteiger partial charge in [0.2, 0.25) is 0 Å². The Morgan fingerprint density at radius 1 is 1.22 bits per heavy atom. The Balaban J connectivity index is 0.000000275. The van der Waals surface area contributed by atoms with Gasteiger partial charge in [-0.05, 0) is 70.8 Å². The van der Waals surface area contributed by atoms with Gasteiger partial charge in [-0.1, -0.05) is 6.92 Å². The monoisotopic (exact) mass is 507 g/mol. The number of aromatic nitrogens is 5. The fraction of sp³-hybridized carbons (Fsp3) is 0.400. The molecule has 1 atom stereocenters. The molecule has 1 aliphatic carbocycles. The standard InChI is InChI=1S/C18H25N7.C7H8N2OS/c1-6-10(2)25(19)18-15(20-5)12(4)23-17(24-18)14-11(3)21-9-22-16(14)13-7-8-13;8-11-7-2-1-6(3-4-10)9-5-7/h9-10,13H,5-8,19H2,1-4H3;1-2,4-5H,3,8H2. The first-order valence-corrected chi connectivity index (χ1v) is 12.7. The zero-order valence-corrected chi connectivity index (χ0v) is 22.0. The van der Waals surface area contributed by atoms with Crippen molar-refractivity contribution >= 4 is 36.5 Å². The van der Waals surface area contributed by atoms with Crippen LogP contribution in [0.2, 0.25) is 0 Å². The number of hydrazine groups is 1. The maximum absolute atomic E-state index is 10.1. The number of aliphatic imine (C=N–C) groups is 1. The third-order valence-electron chi connectivity index (χ3n) is 5.99. The van der Waals surface area contributed by atoms with E-state index in [0.29, 0.717) is 29.7 Å². The van der Waals surface area contributed by atoms with E-state index in [1.807, 2.05) is 19.9 Å². The van der Waals surface area contributed by atoms with Gasteiger partial charge in [0, 0.05) is 35.2 Å². The molecule has 1 fully saturated rings. The number of aldehydes is 1. The van der Waals surface area contributed by atoms with E-state index < -0.39 is 0 Å². The Morgan fingerprint density at radius 2 is 1.97 bits per heavy atom. The summed E-state index contributed by atoms with van der Waals surface area (Å²) in [6, 6.07) is 3.76. The number of hydrogen-bond donors (Lipinski definition) is 2. The lowest BCUT2D eigenvalue weighted by molar-refractivity contribution is -0.107. The molecule has 3 heterocycles. The van der Waals surface area contributed by atoms with Gasteiger partial charge in [-0.3, -0.25) is 20.1 Å². The summed E-state index contributed by atoms with van der Waals surface area (Å²) >= 11 is 1.14. The summed E-state index contributed by atoms with van der Waals surface area (Å²) in [7, 11) is 0. The number of carbonyl (C=O) groups excluding carboxylic acids is 1. The summed E-state index contributed by atoms with van der Waals surface area (Å²) < 4.78 is 0. The molecule has 0 saturated heterocycles. The third-order valence-corrected chi connectivity index (χ3v) is 6.50. The molecule has 190 valence electrons. The average molecular weight is 508 g/mol. The van der Waals surface area contributed by atoms with Crippen LogP contribution in [0.3, 0.4) is 0 Å². The Labute approximate surface area is 216 Å². The minimum absolute atomic E-state index is 0.124. The highest BCUT2D eigenvalue weighted by molar-refractivity contribution is 7.97. The van der Waals surface area contributed by atoms with Crippen LogP contribution in [0, 0.1) is 13.8 Å². The van der Waals surface area contributed by atoms with Crippen molar-refractivity contribution in [3.05, 3.63) is 47.4 Å². The van der Waals surface area contributed by atoms with Crippen LogP contribution >= 0.6 is 11.9 Å². The molecule has 10 nitrogen and oxygen atoms in total. The van der Waals surface area contributed by atoms with E-state index in [1.165, 1.54) is 0 Å². The van der Waals surface area contributed by atoms with Crippen molar-refractivity contribution < 1.29 is 4.79 Å². The molecule has 0 spiro atoms. The lowest BCUT2D eigenvalue weighted by Crippen LogP contribution is -2.40. The quantitative estimate of drug-likeness (QED) is 0.143. The van der Waals surface area contributed by atoms with Crippen molar-refractivity contribution in [3.63, 3.8) is 0 Å². The number of pyridine rings is 1. The molecule has 0 aliphatic heterocycles. The van der Waals surface area contributed by atoms with E-state index in [-0.39, 0.29) is 6.04 Å². The highest BCUT2D eigenvalue weighted by Gasteiger charge is 2.31. The van der Waals surface area contributed by atoms with Gasteiger partial charge in [-0.15, -0.1) is 0 Å². The smallest absolute Gasteiger partial charge is 0.173 e. The second-order valence-electron chi connectivity index (χ2n) is 8.59. The molecule has 1 saturated carbocycles. The normalized spacial score (nSPS) is 13.4. The number of aryl methyl sites for hydroxylation is 2. The first-order chi connectivity index (χ1) is 17.3. The lowest BCUT2D eigenvalue weighted by atomic mass is 10.1.